The first-order valence-corrected chi connectivity index (χ1v) is 12.1. The molecule has 1 aliphatic rings. The zero-order chi connectivity index (χ0) is 26.8. The number of hydrogen-bond acceptors (Lipinski definition) is 8. The highest BCUT2D eigenvalue weighted by Crippen LogP contribution is 2.19. The summed E-state index contributed by atoms with van der Waals surface area (Å²) in [6, 6.07) is 1.81. The first-order chi connectivity index (χ1) is 17.0. The van der Waals surface area contributed by atoms with Crippen molar-refractivity contribution in [2.24, 2.45) is 11.5 Å². The van der Waals surface area contributed by atoms with Crippen molar-refractivity contribution < 1.29 is 34.5 Å². The van der Waals surface area contributed by atoms with Crippen LogP contribution in [0.3, 0.4) is 0 Å². The van der Waals surface area contributed by atoms with Gasteiger partial charge in [0.05, 0.1) is 12.1 Å². The molecule has 0 radical (unpaired) electrons. The molecule has 12 nitrogen and oxygen atoms in total. The Labute approximate surface area is 210 Å². The molecule has 1 aromatic rings. The summed E-state index contributed by atoms with van der Waals surface area (Å²) in [6.07, 6.45) is 1.01. The molecule has 3 amide bonds. The molecule has 0 aromatic heterocycles. The molecule has 200 valence electrons. The van der Waals surface area contributed by atoms with E-state index < -0.39 is 54.0 Å². The van der Waals surface area contributed by atoms with Crippen LogP contribution in [0, 0.1) is 0 Å². The summed E-state index contributed by atoms with van der Waals surface area (Å²) in [5.74, 6) is -3.03. The van der Waals surface area contributed by atoms with E-state index in [0.717, 1.165) is 10.5 Å². The highest BCUT2D eigenvalue weighted by atomic mass is 16.4. The number of phenolic OH excluding ortho intramolecular Hbond substituents is 1. The van der Waals surface area contributed by atoms with Gasteiger partial charge in [0.15, 0.2) is 0 Å². The highest BCUT2D eigenvalue weighted by Gasteiger charge is 2.40. The number of unbranched alkanes of at least 4 members (excludes halogenated alkanes) is 1. The van der Waals surface area contributed by atoms with Gasteiger partial charge in [-0.2, -0.15) is 0 Å². The number of aromatic hydroxyl groups is 1. The van der Waals surface area contributed by atoms with Crippen LogP contribution in [0.2, 0.25) is 0 Å². The first-order valence-electron chi connectivity index (χ1n) is 12.1. The number of nitrogens with two attached hydrogens (primary N) is 2. The second-order valence-electron chi connectivity index (χ2n) is 9.08. The Hall–Kier alpha value is -3.22. The van der Waals surface area contributed by atoms with E-state index in [9.17, 15) is 34.5 Å². The third-order valence-electron chi connectivity index (χ3n) is 6.18. The van der Waals surface area contributed by atoms with E-state index >= 15 is 0 Å². The number of hydrogen-bond donors (Lipinski definition) is 7. The third kappa shape index (κ3) is 8.18. The van der Waals surface area contributed by atoms with Gasteiger partial charge < -0.3 is 42.3 Å². The summed E-state index contributed by atoms with van der Waals surface area (Å²) in [5, 5.41) is 34.1. The lowest BCUT2D eigenvalue weighted by Gasteiger charge is -2.30. The van der Waals surface area contributed by atoms with Crippen LogP contribution < -0.4 is 22.1 Å². The number of likely N-dealkylation sites (tertiary alicyclic amines) is 1. The van der Waals surface area contributed by atoms with Gasteiger partial charge in [0.25, 0.3) is 0 Å². The van der Waals surface area contributed by atoms with Crippen molar-refractivity contribution in [3.8, 4) is 5.75 Å². The van der Waals surface area contributed by atoms with Crippen LogP contribution in [0.1, 0.15) is 44.6 Å². The van der Waals surface area contributed by atoms with E-state index in [-0.39, 0.29) is 31.6 Å². The van der Waals surface area contributed by atoms with Crippen LogP contribution in [-0.2, 0) is 25.6 Å². The molecule has 9 N–H and O–H groups in total. The van der Waals surface area contributed by atoms with Gasteiger partial charge in [0, 0.05) is 6.54 Å². The standard InChI is InChI=1S/C24H37N5O7/c1-14(30)20(23(34)29-12-4-6-19(29)24(35)36)28-22(33)18(5-2-3-11-25)27-21(32)17(26)13-15-7-9-16(31)10-8-15/h7-10,14,17-20,30-31H,2-6,11-13,25-26H2,1H3,(H,27,32)(H,28,33)(H,35,36). The van der Waals surface area contributed by atoms with Crippen molar-refractivity contribution in [1.82, 2.24) is 15.5 Å². The van der Waals surface area contributed by atoms with Gasteiger partial charge in [0.2, 0.25) is 17.7 Å². The topological polar surface area (TPSA) is 208 Å². The number of aliphatic hydroxyl groups excluding tert-OH is 1. The number of carboxylic acid groups (broad SMARTS) is 1. The van der Waals surface area contributed by atoms with Crippen molar-refractivity contribution in [2.75, 3.05) is 13.1 Å². The van der Waals surface area contributed by atoms with Gasteiger partial charge in [-0.05, 0) is 69.7 Å². The molecule has 1 heterocycles. The molecule has 0 spiro atoms. The summed E-state index contributed by atoms with van der Waals surface area (Å²) < 4.78 is 0. The Kier molecular flexibility index (Phi) is 11.1. The molecule has 36 heavy (non-hydrogen) atoms. The lowest BCUT2D eigenvalue weighted by Crippen LogP contribution is -2.60. The molecule has 12 heteroatoms. The predicted molar refractivity (Wildman–Crippen MR) is 131 cm³/mol. The molecular formula is C24H37N5O7. The van der Waals surface area contributed by atoms with Crippen LogP contribution >= 0.6 is 0 Å². The van der Waals surface area contributed by atoms with Crippen molar-refractivity contribution in [3.05, 3.63) is 29.8 Å². The van der Waals surface area contributed by atoms with E-state index in [0.29, 0.717) is 25.8 Å². The highest BCUT2D eigenvalue weighted by molar-refractivity contribution is 5.94. The smallest absolute Gasteiger partial charge is 0.326 e. The first kappa shape index (κ1) is 29.0. The lowest BCUT2D eigenvalue weighted by molar-refractivity contribution is -0.150. The number of carbonyl (C=O) groups excluding carboxylic acids is 3. The number of rotatable bonds is 13. The average Bonchev–Trinajstić information content (AvgIpc) is 3.33. The third-order valence-corrected chi connectivity index (χ3v) is 6.18. The van der Waals surface area contributed by atoms with Crippen LogP contribution in [-0.4, -0.2) is 87.3 Å². The molecule has 0 bridgehead atoms. The van der Waals surface area contributed by atoms with E-state index in [1.807, 2.05) is 0 Å². The minimum Gasteiger partial charge on any atom is -0.508 e. The molecule has 5 unspecified atom stereocenters. The van der Waals surface area contributed by atoms with Crippen molar-refractivity contribution in [1.29, 1.82) is 0 Å². The normalized spacial score (nSPS) is 18.7. The quantitative estimate of drug-likeness (QED) is 0.160. The number of nitrogens with one attached hydrogen (secondary N) is 2. The molecule has 0 saturated carbocycles. The maximum atomic E-state index is 13.1. The minimum absolute atomic E-state index is 0.0826. The second kappa shape index (κ2) is 13.8. The molecule has 1 aliphatic heterocycles. The van der Waals surface area contributed by atoms with E-state index in [2.05, 4.69) is 10.6 Å². The fourth-order valence-electron chi connectivity index (χ4n) is 4.13. The van der Waals surface area contributed by atoms with Gasteiger partial charge in [-0.25, -0.2) is 4.79 Å². The maximum Gasteiger partial charge on any atom is 0.326 e. The van der Waals surface area contributed by atoms with Crippen LogP contribution in [0.5, 0.6) is 5.75 Å². The van der Waals surface area contributed by atoms with Crippen LogP contribution in [0.4, 0.5) is 0 Å². The fraction of sp³-hybridized carbons (Fsp3) is 0.583. The lowest BCUT2D eigenvalue weighted by atomic mass is 10.0. The minimum atomic E-state index is -1.38. The van der Waals surface area contributed by atoms with Gasteiger partial charge in [-0.3, -0.25) is 14.4 Å². The van der Waals surface area contributed by atoms with E-state index in [1.54, 1.807) is 12.1 Å². The van der Waals surface area contributed by atoms with Crippen molar-refractivity contribution in [2.45, 2.75) is 75.7 Å². The Morgan fingerprint density at radius 2 is 1.78 bits per heavy atom. The number of nitrogens with zero attached hydrogens (tertiary/aromatic N) is 1. The summed E-state index contributed by atoms with van der Waals surface area (Å²) in [7, 11) is 0. The van der Waals surface area contributed by atoms with Crippen molar-refractivity contribution in [3.63, 3.8) is 0 Å². The summed E-state index contributed by atoms with van der Waals surface area (Å²) in [4.78, 5) is 51.5. The maximum absolute atomic E-state index is 13.1. The van der Waals surface area contributed by atoms with Gasteiger partial charge >= 0.3 is 5.97 Å². The van der Waals surface area contributed by atoms with E-state index in [4.69, 9.17) is 11.5 Å². The van der Waals surface area contributed by atoms with E-state index in [1.165, 1.54) is 19.1 Å². The average molecular weight is 508 g/mol. The molecule has 2 rings (SSSR count). The number of phenols is 1. The van der Waals surface area contributed by atoms with Crippen LogP contribution in [0.15, 0.2) is 24.3 Å². The number of amides is 3. The largest absolute Gasteiger partial charge is 0.508 e. The molecule has 0 aliphatic carbocycles. The van der Waals surface area contributed by atoms with Gasteiger partial charge in [-0.15, -0.1) is 0 Å². The molecule has 5 atom stereocenters. The molecule has 1 fully saturated rings. The molecule has 1 saturated heterocycles. The zero-order valence-corrected chi connectivity index (χ0v) is 20.4. The molecular weight excluding hydrogens is 470 g/mol. The summed E-state index contributed by atoms with van der Waals surface area (Å²) in [6.45, 7) is 1.92. The number of aliphatic carboxylic acids is 1. The zero-order valence-electron chi connectivity index (χ0n) is 20.4. The van der Waals surface area contributed by atoms with Crippen molar-refractivity contribution >= 4 is 23.7 Å². The van der Waals surface area contributed by atoms with Crippen LogP contribution in [0.25, 0.3) is 0 Å². The summed E-state index contributed by atoms with van der Waals surface area (Å²) >= 11 is 0. The number of aliphatic hydroxyl groups is 1. The Morgan fingerprint density at radius 1 is 1.11 bits per heavy atom. The predicted octanol–water partition coefficient (Wildman–Crippen LogP) is -1.18. The molecule has 1 aromatic carbocycles. The SMILES string of the molecule is CC(O)C(NC(=O)C(CCCCN)NC(=O)C(N)Cc1ccc(O)cc1)C(=O)N1CCCC1C(=O)O. The Morgan fingerprint density at radius 3 is 2.36 bits per heavy atom. The number of carboxylic acids is 1. The fourth-order valence-corrected chi connectivity index (χ4v) is 4.13. The second-order valence-corrected chi connectivity index (χ2v) is 9.08. The Bertz CT molecular complexity index is 909. The summed E-state index contributed by atoms with van der Waals surface area (Å²) in [5.41, 5.74) is 12.3. The monoisotopic (exact) mass is 507 g/mol. The number of benzene rings is 1. The Balaban J connectivity index is 2.10. The number of carbonyl (C=O) groups is 4. The van der Waals surface area contributed by atoms with Gasteiger partial charge in [0.1, 0.15) is 23.9 Å². The van der Waals surface area contributed by atoms with Gasteiger partial charge in [-0.1, -0.05) is 12.1 Å².